The third kappa shape index (κ3) is 9.55. The van der Waals surface area contributed by atoms with Crippen molar-refractivity contribution < 1.29 is 14.6 Å². The summed E-state index contributed by atoms with van der Waals surface area (Å²) in [5.74, 6) is -0.174. The van der Waals surface area contributed by atoms with Crippen molar-refractivity contribution in [2.75, 3.05) is 6.61 Å². The van der Waals surface area contributed by atoms with Gasteiger partial charge in [-0.05, 0) is 40.9 Å². The van der Waals surface area contributed by atoms with Crippen LogP contribution in [-0.2, 0) is 20.4 Å². The molecule has 0 saturated carbocycles. The van der Waals surface area contributed by atoms with Crippen molar-refractivity contribution in [3.8, 4) is 5.75 Å². The van der Waals surface area contributed by atoms with E-state index in [-0.39, 0.29) is 22.7 Å². The number of esters is 1. The number of unbranched alkanes of at least 4 members (excludes halogenated alkanes) is 9. The molecule has 0 aliphatic heterocycles. The van der Waals surface area contributed by atoms with Crippen molar-refractivity contribution in [3.05, 3.63) is 28.8 Å². The molecule has 0 amide bonds. The molecule has 0 fully saturated rings. The Labute approximate surface area is 198 Å². The first-order chi connectivity index (χ1) is 14.9. The first-order valence-corrected chi connectivity index (χ1v) is 12.9. The number of ether oxygens (including phenoxy) is 1. The van der Waals surface area contributed by atoms with Crippen molar-refractivity contribution >= 4 is 5.97 Å². The van der Waals surface area contributed by atoms with Crippen molar-refractivity contribution in [1.82, 2.24) is 0 Å². The van der Waals surface area contributed by atoms with E-state index in [1.54, 1.807) is 0 Å². The summed E-state index contributed by atoms with van der Waals surface area (Å²) < 4.78 is 5.61. The molecule has 0 aliphatic carbocycles. The van der Waals surface area contributed by atoms with Crippen molar-refractivity contribution in [1.29, 1.82) is 0 Å². The van der Waals surface area contributed by atoms with Gasteiger partial charge in [-0.3, -0.25) is 4.79 Å². The summed E-state index contributed by atoms with van der Waals surface area (Å²) in [6.45, 7) is 17.2. The standard InChI is InChI=1S/C29H50O3/c1-9-10-11-12-13-14-15-16-17-18-19-32-27(31)22(2)23-20-24(28(3,4)5)26(30)25(21-23)29(6,7)8/h20-22,30H,9-19H2,1-8H3. The smallest absolute Gasteiger partial charge is 0.313 e. The molecule has 1 unspecified atom stereocenters. The predicted octanol–water partition coefficient (Wildman–Crippen LogP) is 8.55. The van der Waals surface area contributed by atoms with E-state index in [4.69, 9.17) is 4.74 Å². The van der Waals surface area contributed by atoms with Gasteiger partial charge in [0.1, 0.15) is 5.75 Å². The van der Waals surface area contributed by atoms with Gasteiger partial charge < -0.3 is 9.84 Å². The minimum Gasteiger partial charge on any atom is -0.507 e. The average Bonchev–Trinajstić information content (AvgIpc) is 2.69. The van der Waals surface area contributed by atoms with Crippen LogP contribution in [0.5, 0.6) is 5.75 Å². The number of phenols is 1. The lowest BCUT2D eigenvalue weighted by atomic mass is 9.77. The van der Waals surface area contributed by atoms with E-state index >= 15 is 0 Å². The Balaban J connectivity index is 2.57. The quantitative estimate of drug-likeness (QED) is 0.244. The number of benzene rings is 1. The molecule has 184 valence electrons. The van der Waals surface area contributed by atoms with Crippen molar-refractivity contribution in [2.45, 2.75) is 136 Å². The summed E-state index contributed by atoms with van der Waals surface area (Å²) in [6, 6.07) is 3.97. The second-order valence-electron chi connectivity index (χ2n) is 11.5. The van der Waals surface area contributed by atoms with Gasteiger partial charge in [0.25, 0.3) is 0 Å². The lowest BCUT2D eigenvalue weighted by molar-refractivity contribution is -0.145. The number of hydrogen-bond donors (Lipinski definition) is 1. The highest BCUT2D eigenvalue weighted by atomic mass is 16.5. The van der Waals surface area contributed by atoms with Gasteiger partial charge >= 0.3 is 5.97 Å². The number of aromatic hydroxyl groups is 1. The summed E-state index contributed by atoms with van der Waals surface area (Å²) in [6.07, 6.45) is 12.7. The third-order valence-electron chi connectivity index (χ3n) is 6.34. The van der Waals surface area contributed by atoms with Crippen LogP contribution in [0.4, 0.5) is 0 Å². The lowest BCUT2D eigenvalue weighted by Crippen LogP contribution is -2.20. The summed E-state index contributed by atoms with van der Waals surface area (Å²) in [7, 11) is 0. The molecule has 0 radical (unpaired) electrons. The van der Waals surface area contributed by atoms with Crippen LogP contribution in [-0.4, -0.2) is 17.7 Å². The van der Waals surface area contributed by atoms with Crippen LogP contribution < -0.4 is 0 Å². The highest BCUT2D eigenvalue weighted by Crippen LogP contribution is 2.41. The number of carbonyl (C=O) groups is 1. The molecule has 0 heterocycles. The molecule has 1 aromatic rings. The first-order valence-electron chi connectivity index (χ1n) is 12.9. The maximum absolute atomic E-state index is 12.7. The molecule has 1 atom stereocenters. The van der Waals surface area contributed by atoms with Crippen LogP contribution in [0.25, 0.3) is 0 Å². The van der Waals surface area contributed by atoms with Gasteiger partial charge in [0, 0.05) is 0 Å². The number of rotatable bonds is 13. The van der Waals surface area contributed by atoms with Crippen LogP contribution in [0.15, 0.2) is 12.1 Å². The maximum atomic E-state index is 12.7. The van der Waals surface area contributed by atoms with Crippen LogP contribution >= 0.6 is 0 Å². The Hall–Kier alpha value is -1.51. The second-order valence-corrected chi connectivity index (χ2v) is 11.5. The molecule has 0 aromatic heterocycles. The monoisotopic (exact) mass is 446 g/mol. The fourth-order valence-corrected chi connectivity index (χ4v) is 4.07. The Morgan fingerprint density at radius 3 is 1.62 bits per heavy atom. The molecule has 1 N–H and O–H groups in total. The van der Waals surface area contributed by atoms with Crippen LogP contribution in [0.1, 0.15) is 142 Å². The first kappa shape index (κ1) is 28.5. The lowest BCUT2D eigenvalue weighted by Gasteiger charge is -2.29. The summed E-state index contributed by atoms with van der Waals surface area (Å²) >= 11 is 0. The van der Waals surface area contributed by atoms with Gasteiger partial charge in [0.05, 0.1) is 12.5 Å². The zero-order valence-corrected chi connectivity index (χ0v) is 22.3. The molecule has 3 nitrogen and oxygen atoms in total. The summed E-state index contributed by atoms with van der Waals surface area (Å²) in [5, 5.41) is 10.9. The average molecular weight is 447 g/mol. The largest absolute Gasteiger partial charge is 0.507 e. The fraction of sp³-hybridized carbons (Fsp3) is 0.759. The van der Waals surface area contributed by atoms with E-state index < -0.39 is 0 Å². The molecular formula is C29H50O3. The van der Waals surface area contributed by atoms with Gasteiger partial charge in [-0.2, -0.15) is 0 Å². The Morgan fingerprint density at radius 1 is 0.812 bits per heavy atom. The van der Waals surface area contributed by atoms with Gasteiger partial charge in [0.15, 0.2) is 0 Å². The maximum Gasteiger partial charge on any atom is 0.313 e. The third-order valence-corrected chi connectivity index (χ3v) is 6.34. The molecule has 0 bridgehead atoms. The SMILES string of the molecule is CCCCCCCCCCCCOC(=O)C(C)c1cc(C(C)(C)C)c(O)c(C(C)(C)C)c1. The van der Waals surface area contributed by atoms with Gasteiger partial charge in [-0.15, -0.1) is 0 Å². The number of carbonyl (C=O) groups excluding carboxylic acids is 1. The van der Waals surface area contributed by atoms with Gasteiger partial charge in [0.2, 0.25) is 0 Å². The van der Waals surface area contributed by atoms with E-state index in [0.717, 1.165) is 29.5 Å². The predicted molar refractivity (Wildman–Crippen MR) is 137 cm³/mol. The molecule has 1 rings (SSSR count). The fourth-order valence-electron chi connectivity index (χ4n) is 4.07. The summed E-state index contributed by atoms with van der Waals surface area (Å²) in [5.41, 5.74) is 2.27. The highest BCUT2D eigenvalue weighted by Gasteiger charge is 2.29. The topological polar surface area (TPSA) is 46.5 Å². The van der Waals surface area contributed by atoms with Crippen molar-refractivity contribution in [3.63, 3.8) is 0 Å². The Bertz CT molecular complexity index is 656. The van der Waals surface area contributed by atoms with E-state index in [9.17, 15) is 9.90 Å². The molecule has 0 spiro atoms. The van der Waals surface area contributed by atoms with Crippen LogP contribution in [0.2, 0.25) is 0 Å². The zero-order chi connectivity index (χ0) is 24.4. The summed E-state index contributed by atoms with van der Waals surface area (Å²) in [4.78, 5) is 12.7. The second kappa shape index (κ2) is 13.3. The van der Waals surface area contributed by atoms with E-state index in [2.05, 4.69) is 48.5 Å². The Kier molecular flexibility index (Phi) is 11.8. The minimum absolute atomic E-state index is 0.175. The molecule has 0 saturated heterocycles. The zero-order valence-electron chi connectivity index (χ0n) is 22.3. The molecular weight excluding hydrogens is 396 g/mol. The van der Waals surface area contributed by atoms with Gasteiger partial charge in [-0.25, -0.2) is 0 Å². The number of hydrogen-bond acceptors (Lipinski definition) is 3. The van der Waals surface area contributed by atoms with Crippen LogP contribution in [0.3, 0.4) is 0 Å². The minimum atomic E-state index is -0.346. The van der Waals surface area contributed by atoms with E-state index in [1.165, 1.54) is 51.4 Å². The molecule has 1 aromatic carbocycles. The normalized spacial score (nSPS) is 13.2. The Morgan fingerprint density at radius 2 is 1.22 bits per heavy atom. The highest BCUT2D eigenvalue weighted by molar-refractivity contribution is 5.78. The van der Waals surface area contributed by atoms with Crippen molar-refractivity contribution in [2.24, 2.45) is 0 Å². The molecule has 3 heteroatoms. The van der Waals surface area contributed by atoms with E-state index in [0.29, 0.717) is 12.4 Å². The van der Waals surface area contributed by atoms with Crippen LogP contribution in [0, 0.1) is 0 Å². The molecule has 32 heavy (non-hydrogen) atoms. The van der Waals surface area contributed by atoms with E-state index in [1.807, 2.05) is 19.1 Å². The molecule has 0 aliphatic rings. The number of phenolic OH excluding ortho intramolecular Hbond substituents is 1. The van der Waals surface area contributed by atoms with Gasteiger partial charge in [-0.1, -0.05) is 118 Å².